The van der Waals surface area contributed by atoms with E-state index in [1.165, 1.54) is 24.5 Å². The fourth-order valence-corrected chi connectivity index (χ4v) is 2.68. The van der Waals surface area contributed by atoms with Gasteiger partial charge < -0.3 is 10.1 Å². The van der Waals surface area contributed by atoms with Crippen LogP contribution in [0.5, 0.6) is 5.75 Å². The molecule has 4 rings (SSSR count). The molecule has 0 aliphatic carbocycles. The van der Waals surface area contributed by atoms with Crippen molar-refractivity contribution in [2.75, 3.05) is 5.32 Å². The normalized spacial score (nSPS) is 11.9. The minimum Gasteiger partial charge on any atom is -0.481 e. The smallest absolute Gasteiger partial charge is 0.265 e. The molecule has 2 aromatic carbocycles. The van der Waals surface area contributed by atoms with Crippen molar-refractivity contribution in [1.82, 2.24) is 19.8 Å². The molecule has 4 aromatic rings. The summed E-state index contributed by atoms with van der Waals surface area (Å²) in [5.74, 6) is -0.471. The first-order chi connectivity index (χ1) is 13.6. The molecule has 1 atom stereocenters. The van der Waals surface area contributed by atoms with E-state index in [4.69, 9.17) is 4.74 Å². The molecule has 1 amide bonds. The number of nitrogens with one attached hydrogen (secondary N) is 1. The monoisotopic (exact) mass is 377 g/mol. The summed E-state index contributed by atoms with van der Waals surface area (Å²) >= 11 is 0. The molecule has 2 aromatic heterocycles. The van der Waals surface area contributed by atoms with Gasteiger partial charge >= 0.3 is 0 Å². The van der Waals surface area contributed by atoms with E-state index in [1.54, 1.807) is 23.6 Å². The van der Waals surface area contributed by atoms with E-state index < -0.39 is 11.9 Å². The number of hydrogen-bond acceptors (Lipinski definition) is 5. The Bertz CT molecular complexity index is 1140. The summed E-state index contributed by atoms with van der Waals surface area (Å²) < 4.78 is 20.3. The van der Waals surface area contributed by atoms with Gasteiger partial charge in [-0.15, -0.1) is 10.2 Å². The molecule has 0 saturated carbocycles. The van der Waals surface area contributed by atoms with Crippen LogP contribution < -0.4 is 10.1 Å². The van der Waals surface area contributed by atoms with Crippen LogP contribution in [0, 0.1) is 5.82 Å². The van der Waals surface area contributed by atoms with Crippen molar-refractivity contribution in [2.24, 2.45) is 0 Å². The first-order valence-electron chi connectivity index (χ1n) is 8.59. The summed E-state index contributed by atoms with van der Waals surface area (Å²) in [6.45, 7) is 1.60. The minimum absolute atomic E-state index is 0.294. The molecule has 28 heavy (non-hydrogen) atoms. The number of fused-ring (bicyclic) bond motifs is 1. The van der Waals surface area contributed by atoms with Crippen LogP contribution in [-0.2, 0) is 4.79 Å². The largest absolute Gasteiger partial charge is 0.481 e. The standard InChI is InChI=1S/C20H16FN5O2/c1-13(28-17-7-3-5-15(21)11-17)20(27)23-16-6-2-4-14(10-16)18-8-9-19-24-22-12-26(19)25-18/h2-13H,1H3,(H,23,27). The van der Waals surface area contributed by atoms with E-state index in [1.807, 2.05) is 30.3 Å². The highest BCUT2D eigenvalue weighted by atomic mass is 19.1. The van der Waals surface area contributed by atoms with E-state index in [9.17, 15) is 9.18 Å². The zero-order valence-electron chi connectivity index (χ0n) is 14.9. The van der Waals surface area contributed by atoms with Crippen molar-refractivity contribution < 1.29 is 13.9 Å². The number of benzene rings is 2. The van der Waals surface area contributed by atoms with Gasteiger partial charge in [-0.25, -0.2) is 4.39 Å². The summed E-state index contributed by atoms with van der Waals surface area (Å²) in [4.78, 5) is 12.4. The molecule has 7 nitrogen and oxygen atoms in total. The first-order valence-corrected chi connectivity index (χ1v) is 8.59. The van der Waals surface area contributed by atoms with Crippen LogP contribution in [0.3, 0.4) is 0 Å². The lowest BCUT2D eigenvalue weighted by Crippen LogP contribution is -2.30. The van der Waals surface area contributed by atoms with Gasteiger partial charge in [0.25, 0.3) is 5.91 Å². The van der Waals surface area contributed by atoms with Crippen molar-refractivity contribution in [2.45, 2.75) is 13.0 Å². The number of rotatable bonds is 5. The van der Waals surface area contributed by atoms with E-state index in [0.717, 1.165) is 5.56 Å². The molecule has 0 aliphatic heterocycles. The molecular formula is C20H16FN5O2. The summed E-state index contributed by atoms with van der Waals surface area (Å²) in [7, 11) is 0. The Morgan fingerprint density at radius 3 is 2.86 bits per heavy atom. The highest BCUT2D eigenvalue weighted by molar-refractivity contribution is 5.94. The van der Waals surface area contributed by atoms with Crippen LogP contribution in [-0.4, -0.2) is 31.8 Å². The Hall–Kier alpha value is -3.81. The molecule has 0 fully saturated rings. The van der Waals surface area contributed by atoms with E-state index in [-0.39, 0.29) is 5.91 Å². The lowest BCUT2D eigenvalue weighted by atomic mass is 10.1. The summed E-state index contributed by atoms with van der Waals surface area (Å²) in [6.07, 6.45) is 0.729. The molecule has 0 bridgehead atoms. The van der Waals surface area contributed by atoms with Crippen molar-refractivity contribution in [3.05, 3.63) is 72.8 Å². The second kappa shape index (κ2) is 7.43. The minimum atomic E-state index is -0.794. The van der Waals surface area contributed by atoms with Crippen LogP contribution in [0.25, 0.3) is 16.9 Å². The zero-order valence-corrected chi connectivity index (χ0v) is 14.9. The van der Waals surface area contributed by atoms with Gasteiger partial charge in [0.05, 0.1) is 5.69 Å². The Labute approximate surface area is 159 Å². The van der Waals surface area contributed by atoms with Crippen molar-refractivity contribution in [3.8, 4) is 17.0 Å². The van der Waals surface area contributed by atoms with Gasteiger partial charge in [0, 0.05) is 17.3 Å². The fourth-order valence-electron chi connectivity index (χ4n) is 2.68. The summed E-state index contributed by atoms with van der Waals surface area (Å²) in [6, 6.07) is 16.6. The maximum Gasteiger partial charge on any atom is 0.265 e. The van der Waals surface area contributed by atoms with Crippen LogP contribution in [0.2, 0.25) is 0 Å². The molecule has 140 valence electrons. The van der Waals surface area contributed by atoms with Crippen molar-refractivity contribution in [3.63, 3.8) is 0 Å². The topological polar surface area (TPSA) is 81.4 Å². The SMILES string of the molecule is CC(Oc1cccc(F)c1)C(=O)Nc1cccc(-c2ccc3nncn3n2)c1. The van der Waals surface area contributed by atoms with Gasteiger partial charge in [-0.05, 0) is 43.3 Å². The van der Waals surface area contributed by atoms with Gasteiger partial charge in [0.15, 0.2) is 11.8 Å². The van der Waals surface area contributed by atoms with Crippen molar-refractivity contribution in [1.29, 1.82) is 0 Å². The van der Waals surface area contributed by atoms with Gasteiger partial charge in [0.2, 0.25) is 0 Å². The predicted octanol–water partition coefficient (Wildman–Crippen LogP) is 3.34. The number of halogens is 1. The second-order valence-electron chi connectivity index (χ2n) is 6.14. The molecule has 2 heterocycles. The van der Waals surface area contributed by atoms with Crippen LogP contribution >= 0.6 is 0 Å². The maximum atomic E-state index is 13.3. The third kappa shape index (κ3) is 3.80. The summed E-state index contributed by atoms with van der Waals surface area (Å²) in [5.41, 5.74) is 2.79. The van der Waals surface area contributed by atoms with Gasteiger partial charge in [-0.2, -0.15) is 9.61 Å². The molecule has 1 unspecified atom stereocenters. The quantitative estimate of drug-likeness (QED) is 0.577. The number of carbonyl (C=O) groups excluding carboxylic acids is 1. The lowest BCUT2D eigenvalue weighted by molar-refractivity contribution is -0.122. The zero-order chi connectivity index (χ0) is 19.5. The van der Waals surface area contributed by atoms with Crippen LogP contribution in [0.4, 0.5) is 10.1 Å². The average molecular weight is 377 g/mol. The molecule has 0 aliphatic rings. The third-order valence-corrected chi connectivity index (χ3v) is 4.07. The van der Waals surface area contributed by atoms with Gasteiger partial charge in [-0.3, -0.25) is 4.79 Å². The molecular weight excluding hydrogens is 361 g/mol. The highest BCUT2D eigenvalue weighted by Crippen LogP contribution is 2.21. The molecule has 0 spiro atoms. The predicted molar refractivity (Wildman–Crippen MR) is 101 cm³/mol. The first kappa shape index (κ1) is 17.6. The van der Waals surface area contributed by atoms with E-state index in [0.29, 0.717) is 22.8 Å². The Kier molecular flexibility index (Phi) is 4.67. The van der Waals surface area contributed by atoms with Gasteiger partial charge in [-0.1, -0.05) is 18.2 Å². The Morgan fingerprint density at radius 2 is 2.00 bits per heavy atom. The molecule has 8 heteroatoms. The Balaban J connectivity index is 1.48. The van der Waals surface area contributed by atoms with E-state index in [2.05, 4.69) is 20.6 Å². The van der Waals surface area contributed by atoms with Gasteiger partial charge in [0.1, 0.15) is 17.9 Å². The number of aromatic nitrogens is 4. The maximum absolute atomic E-state index is 13.3. The number of carbonyl (C=O) groups is 1. The summed E-state index contributed by atoms with van der Waals surface area (Å²) in [5, 5.41) is 15.0. The van der Waals surface area contributed by atoms with Crippen LogP contribution in [0.1, 0.15) is 6.92 Å². The number of ether oxygens (including phenoxy) is 1. The van der Waals surface area contributed by atoms with Crippen molar-refractivity contribution >= 4 is 17.2 Å². The second-order valence-corrected chi connectivity index (χ2v) is 6.14. The van der Waals surface area contributed by atoms with E-state index >= 15 is 0 Å². The average Bonchev–Trinajstić information content (AvgIpc) is 3.16. The number of nitrogens with zero attached hydrogens (tertiary/aromatic N) is 4. The number of anilines is 1. The highest BCUT2D eigenvalue weighted by Gasteiger charge is 2.15. The molecule has 1 N–H and O–H groups in total. The van der Waals surface area contributed by atoms with Crippen LogP contribution in [0.15, 0.2) is 67.0 Å². The molecule has 0 radical (unpaired) electrons. The lowest BCUT2D eigenvalue weighted by Gasteiger charge is -2.15. The number of hydrogen-bond donors (Lipinski definition) is 1. The Morgan fingerprint density at radius 1 is 1.14 bits per heavy atom. The fraction of sp³-hybridized carbons (Fsp3) is 0.100. The molecule has 0 saturated heterocycles. The third-order valence-electron chi connectivity index (χ3n) is 4.07. The number of amides is 1.